The molecule has 2 aromatic rings. The van der Waals surface area contributed by atoms with E-state index < -0.39 is 0 Å². The highest BCUT2D eigenvalue weighted by Gasteiger charge is 2.38. The highest BCUT2D eigenvalue weighted by atomic mass is 32.2. The first-order valence-electron chi connectivity index (χ1n) is 7.28. The van der Waals surface area contributed by atoms with Gasteiger partial charge in [0.1, 0.15) is 11.6 Å². The van der Waals surface area contributed by atoms with Gasteiger partial charge < -0.3 is 10.1 Å². The van der Waals surface area contributed by atoms with Crippen LogP contribution >= 0.6 is 11.8 Å². The van der Waals surface area contributed by atoms with Gasteiger partial charge in [-0.05, 0) is 12.1 Å². The summed E-state index contributed by atoms with van der Waals surface area (Å²) in [6, 6.07) is 7.27. The van der Waals surface area contributed by atoms with Crippen LogP contribution in [0.3, 0.4) is 0 Å². The van der Waals surface area contributed by atoms with Crippen molar-refractivity contribution in [2.45, 2.75) is 38.5 Å². The van der Waals surface area contributed by atoms with E-state index in [-0.39, 0.29) is 16.6 Å². The van der Waals surface area contributed by atoms with E-state index in [9.17, 15) is 5.11 Å². The van der Waals surface area contributed by atoms with E-state index in [2.05, 4.69) is 32.7 Å². The van der Waals surface area contributed by atoms with Crippen molar-refractivity contribution in [2.75, 3.05) is 11.5 Å². The van der Waals surface area contributed by atoms with Gasteiger partial charge in [0.25, 0.3) is 0 Å². The molecule has 0 aliphatic carbocycles. The zero-order valence-corrected chi connectivity index (χ0v) is 13.8. The lowest BCUT2D eigenvalue weighted by Crippen LogP contribution is -2.24. The van der Waals surface area contributed by atoms with Crippen molar-refractivity contribution in [3.8, 4) is 17.1 Å². The number of rotatable bonds is 1. The molecule has 3 nitrogen and oxygen atoms in total. The lowest BCUT2D eigenvalue weighted by atomic mass is 9.82. The number of nitrogens with one attached hydrogen (secondary N) is 1. The molecule has 0 atom stereocenters. The molecule has 0 fully saturated rings. The van der Waals surface area contributed by atoms with Crippen LogP contribution in [0.15, 0.2) is 24.3 Å². The summed E-state index contributed by atoms with van der Waals surface area (Å²) >= 11 is 1.99. The Bertz CT molecular complexity index is 640. The van der Waals surface area contributed by atoms with Crippen LogP contribution in [0.25, 0.3) is 11.4 Å². The van der Waals surface area contributed by atoms with Crippen LogP contribution in [0.1, 0.15) is 39.1 Å². The molecule has 3 rings (SSSR count). The largest absolute Gasteiger partial charge is 0.508 e. The Morgan fingerprint density at radius 1 is 1.14 bits per heavy atom. The van der Waals surface area contributed by atoms with Gasteiger partial charge in [0.2, 0.25) is 0 Å². The fourth-order valence-corrected chi connectivity index (χ4v) is 4.25. The maximum Gasteiger partial charge on any atom is 0.137 e. The molecule has 1 aromatic carbocycles. The molecule has 112 valence electrons. The molecule has 0 saturated heterocycles. The van der Waals surface area contributed by atoms with Gasteiger partial charge >= 0.3 is 0 Å². The third-order valence-electron chi connectivity index (χ3n) is 4.07. The predicted molar refractivity (Wildman–Crippen MR) is 89.1 cm³/mol. The van der Waals surface area contributed by atoms with Crippen LogP contribution in [-0.2, 0) is 10.8 Å². The lowest BCUT2D eigenvalue weighted by molar-refractivity contribution is 0.475. The number of phenols is 1. The first-order valence-corrected chi connectivity index (χ1v) is 8.43. The molecule has 21 heavy (non-hydrogen) atoms. The second-order valence-electron chi connectivity index (χ2n) is 7.12. The van der Waals surface area contributed by atoms with E-state index in [1.807, 2.05) is 23.9 Å². The Morgan fingerprint density at radius 3 is 2.57 bits per heavy atom. The van der Waals surface area contributed by atoms with Gasteiger partial charge in [-0.25, -0.2) is 4.98 Å². The molecule has 0 radical (unpaired) electrons. The van der Waals surface area contributed by atoms with E-state index in [0.717, 1.165) is 28.6 Å². The van der Waals surface area contributed by atoms with Crippen molar-refractivity contribution < 1.29 is 5.11 Å². The number of hydrogen-bond donors (Lipinski definition) is 2. The highest BCUT2D eigenvalue weighted by molar-refractivity contribution is 7.99. The molecule has 0 amide bonds. The normalized spacial score (nSPS) is 19.8. The first kappa shape index (κ1) is 14.5. The van der Waals surface area contributed by atoms with E-state index in [4.69, 9.17) is 4.98 Å². The predicted octanol–water partition coefficient (Wildman–Crippen LogP) is 4.08. The number of aromatic hydroxyl groups is 1. The van der Waals surface area contributed by atoms with E-state index in [0.29, 0.717) is 0 Å². The van der Waals surface area contributed by atoms with Crippen LogP contribution in [0.5, 0.6) is 5.75 Å². The second kappa shape index (κ2) is 4.80. The molecule has 0 unspecified atom stereocenters. The monoisotopic (exact) mass is 302 g/mol. The number of H-pyrrole nitrogens is 1. The number of benzene rings is 1. The summed E-state index contributed by atoms with van der Waals surface area (Å²) in [6.07, 6.45) is 0. The van der Waals surface area contributed by atoms with Crippen LogP contribution in [0, 0.1) is 0 Å². The average Bonchev–Trinajstić information content (AvgIpc) is 2.81. The maximum absolute atomic E-state index is 9.68. The van der Waals surface area contributed by atoms with Crippen LogP contribution < -0.4 is 0 Å². The molecular formula is C17H22N2OS. The molecule has 1 aromatic heterocycles. The molecule has 0 saturated carbocycles. The summed E-state index contributed by atoms with van der Waals surface area (Å²) in [6.45, 7) is 9.05. The molecule has 4 heteroatoms. The SMILES string of the molecule is CC1(C)CSCC(C)(C)c2[nH]c(-c3cccc(O)c3)nc21. The maximum atomic E-state index is 9.68. The Hall–Kier alpha value is -1.42. The van der Waals surface area contributed by atoms with Crippen molar-refractivity contribution in [3.05, 3.63) is 35.7 Å². The molecule has 1 aliphatic heterocycles. The standard InChI is InChI=1S/C17H22N2OS/c1-16(2)9-21-10-17(3,4)14-13(16)18-15(19-14)11-6-5-7-12(20)8-11/h5-8,20H,9-10H2,1-4H3,(H,18,19). The fourth-order valence-electron chi connectivity index (χ4n) is 2.84. The topological polar surface area (TPSA) is 48.9 Å². The molecule has 1 aliphatic rings. The number of imidazole rings is 1. The third kappa shape index (κ3) is 2.57. The summed E-state index contributed by atoms with van der Waals surface area (Å²) < 4.78 is 0. The number of fused-ring (bicyclic) bond motifs is 1. The number of phenolic OH excluding ortho intramolecular Hbond substituents is 1. The number of hydrogen-bond acceptors (Lipinski definition) is 3. The Kier molecular flexibility index (Phi) is 3.32. The highest BCUT2D eigenvalue weighted by Crippen LogP contribution is 2.41. The zero-order chi connectivity index (χ0) is 15.3. The first-order chi connectivity index (χ1) is 9.79. The van der Waals surface area contributed by atoms with Crippen molar-refractivity contribution in [1.82, 2.24) is 9.97 Å². The Balaban J connectivity index is 2.16. The van der Waals surface area contributed by atoms with Crippen LogP contribution in [0.4, 0.5) is 0 Å². The van der Waals surface area contributed by atoms with Crippen molar-refractivity contribution in [1.29, 1.82) is 0 Å². The van der Waals surface area contributed by atoms with Crippen LogP contribution in [0.2, 0.25) is 0 Å². The zero-order valence-electron chi connectivity index (χ0n) is 13.0. The van der Waals surface area contributed by atoms with Crippen molar-refractivity contribution >= 4 is 11.8 Å². The summed E-state index contributed by atoms with van der Waals surface area (Å²) in [5, 5.41) is 9.68. The van der Waals surface area contributed by atoms with Gasteiger partial charge in [0, 0.05) is 33.6 Å². The summed E-state index contributed by atoms with van der Waals surface area (Å²) in [5.74, 6) is 3.29. The molecule has 2 N–H and O–H groups in total. The van der Waals surface area contributed by atoms with Gasteiger partial charge in [-0.2, -0.15) is 11.8 Å². The summed E-state index contributed by atoms with van der Waals surface area (Å²) in [4.78, 5) is 8.42. The van der Waals surface area contributed by atoms with Gasteiger partial charge in [0.15, 0.2) is 0 Å². The summed E-state index contributed by atoms with van der Waals surface area (Å²) in [5.41, 5.74) is 3.46. The minimum Gasteiger partial charge on any atom is -0.508 e. The van der Waals surface area contributed by atoms with E-state index >= 15 is 0 Å². The van der Waals surface area contributed by atoms with Gasteiger partial charge in [-0.1, -0.05) is 39.8 Å². The molecule has 2 heterocycles. The molecular weight excluding hydrogens is 280 g/mol. The van der Waals surface area contributed by atoms with Gasteiger partial charge in [-0.15, -0.1) is 0 Å². The third-order valence-corrected chi connectivity index (χ3v) is 5.92. The van der Waals surface area contributed by atoms with Gasteiger partial charge in [-0.3, -0.25) is 0 Å². The quantitative estimate of drug-likeness (QED) is 0.834. The van der Waals surface area contributed by atoms with Crippen molar-refractivity contribution in [2.24, 2.45) is 0 Å². The average molecular weight is 302 g/mol. The summed E-state index contributed by atoms with van der Waals surface area (Å²) in [7, 11) is 0. The number of nitrogens with zero attached hydrogens (tertiary/aromatic N) is 1. The van der Waals surface area contributed by atoms with Crippen molar-refractivity contribution in [3.63, 3.8) is 0 Å². The smallest absolute Gasteiger partial charge is 0.137 e. The number of aromatic nitrogens is 2. The molecule has 0 spiro atoms. The van der Waals surface area contributed by atoms with Gasteiger partial charge in [0.05, 0.1) is 5.69 Å². The Labute approximate surface area is 130 Å². The second-order valence-corrected chi connectivity index (χ2v) is 8.11. The Morgan fingerprint density at radius 2 is 1.86 bits per heavy atom. The van der Waals surface area contributed by atoms with Crippen LogP contribution in [-0.4, -0.2) is 26.6 Å². The van der Waals surface area contributed by atoms with E-state index in [1.165, 1.54) is 5.69 Å². The number of thioether (sulfide) groups is 1. The fraction of sp³-hybridized carbons (Fsp3) is 0.471. The lowest BCUT2D eigenvalue weighted by Gasteiger charge is -2.23. The minimum absolute atomic E-state index is 0.0549. The minimum atomic E-state index is 0.0549. The number of aromatic amines is 1. The van der Waals surface area contributed by atoms with E-state index in [1.54, 1.807) is 12.1 Å². The molecule has 0 bridgehead atoms.